The minimum absolute atomic E-state index is 0.0206. The van der Waals surface area contributed by atoms with E-state index in [2.05, 4.69) is 29.4 Å². The van der Waals surface area contributed by atoms with Gasteiger partial charge in [0.25, 0.3) is 0 Å². The van der Waals surface area contributed by atoms with Crippen LogP contribution in [0.1, 0.15) is 25.1 Å². The number of amides is 2. The maximum absolute atomic E-state index is 12.7. The third kappa shape index (κ3) is 3.39. The molecule has 0 N–H and O–H groups in total. The fraction of sp³-hybridized carbons (Fsp3) is 0.500. The Bertz CT molecular complexity index is 581. The van der Waals surface area contributed by atoms with Gasteiger partial charge < -0.3 is 4.90 Å². The summed E-state index contributed by atoms with van der Waals surface area (Å²) in [7, 11) is 0. The van der Waals surface area contributed by atoms with Crippen molar-refractivity contribution in [2.45, 2.75) is 27.2 Å². The SMILES string of the molecule is C=CCN1CN(CC(=C)C)CN(c2snc(CC)c2C)C1=O. The minimum Gasteiger partial charge on any atom is -0.308 e. The summed E-state index contributed by atoms with van der Waals surface area (Å²) in [6, 6.07) is 0.0206. The Morgan fingerprint density at radius 2 is 2.18 bits per heavy atom. The van der Waals surface area contributed by atoms with Crippen molar-refractivity contribution in [1.82, 2.24) is 14.2 Å². The van der Waals surface area contributed by atoms with Crippen LogP contribution in [0.2, 0.25) is 0 Å². The van der Waals surface area contributed by atoms with Crippen molar-refractivity contribution < 1.29 is 4.79 Å². The van der Waals surface area contributed by atoms with Crippen LogP contribution in [-0.2, 0) is 6.42 Å². The summed E-state index contributed by atoms with van der Waals surface area (Å²) in [6.45, 7) is 16.4. The van der Waals surface area contributed by atoms with Gasteiger partial charge >= 0.3 is 6.03 Å². The standard InChI is InChI=1S/C16H24N4OS/c1-6-8-19-10-18(9-12(3)4)11-20(16(19)21)15-13(5)14(7-2)17-22-15/h6H,1,3,7-11H2,2,4-5H3. The summed E-state index contributed by atoms with van der Waals surface area (Å²) in [6.07, 6.45) is 2.65. The highest BCUT2D eigenvalue weighted by atomic mass is 32.1. The fourth-order valence-electron chi connectivity index (χ4n) is 2.64. The Morgan fingerprint density at radius 1 is 1.45 bits per heavy atom. The van der Waals surface area contributed by atoms with E-state index in [0.717, 1.165) is 34.8 Å². The lowest BCUT2D eigenvalue weighted by Gasteiger charge is -2.41. The summed E-state index contributed by atoms with van der Waals surface area (Å²) < 4.78 is 4.47. The predicted octanol–water partition coefficient (Wildman–Crippen LogP) is 3.24. The Kier molecular flexibility index (Phi) is 5.37. The molecule has 2 amide bonds. The van der Waals surface area contributed by atoms with Crippen LogP contribution in [-0.4, -0.2) is 46.6 Å². The molecule has 1 aromatic rings. The zero-order chi connectivity index (χ0) is 16.3. The Morgan fingerprint density at radius 3 is 2.73 bits per heavy atom. The largest absolute Gasteiger partial charge is 0.327 e. The zero-order valence-electron chi connectivity index (χ0n) is 13.6. The highest BCUT2D eigenvalue weighted by molar-refractivity contribution is 7.10. The van der Waals surface area contributed by atoms with Gasteiger partial charge in [-0.15, -0.1) is 6.58 Å². The van der Waals surface area contributed by atoms with Crippen LogP contribution in [0, 0.1) is 6.92 Å². The van der Waals surface area contributed by atoms with E-state index >= 15 is 0 Å². The van der Waals surface area contributed by atoms with E-state index in [1.54, 1.807) is 11.0 Å². The molecule has 0 unspecified atom stereocenters. The van der Waals surface area contributed by atoms with Crippen LogP contribution < -0.4 is 4.90 Å². The van der Waals surface area contributed by atoms with Crippen molar-refractivity contribution >= 4 is 22.6 Å². The van der Waals surface area contributed by atoms with Crippen molar-refractivity contribution in [2.24, 2.45) is 0 Å². The van der Waals surface area contributed by atoms with Crippen molar-refractivity contribution in [3.8, 4) is 0 Å². The predicted molar refractivity (Wildman–Crippen MR) is 92.3 cm³/mol. The zero-order valence-corrected chi connectivity index (χ0v) is 14.4. The third-order valence-electron chi connectivity index (χ3n) is 3.63. The first-order valence-electron chi connectivity index (χ1n) is 7.47. The highest BCUT2D eigenvalue weighted by Gasteiger charge is 2.32. The van der Waals surface area contributed by atoms with Crippen molar-refractivity contribution in [2.75, 3.05) is 31.3 Å². The van der Waals surface area contributed by atoms with Crippen molar-refractivity contribution in [3.63, 3.8) is 0 Å². The van der Waals surface area contributed by atoms with Gasteiger partial charge in [0.1, 0.15) is 5.00 Å². The van der Waals surface area contributed by atoms with Gasteiger partial charge in [0.15, 0.2) is 0 Å². The summed E-state index contributed by atoms with van der Waals surface area (Å²) >= 11 is 1.41. The second-order valence-corrected chi connectivity index (χ2v) is 6.46. The van der Waals surface area contributed by atoms with Crippen LogP contribution in [0.5, 0.6) is 0 Å². The second kappa shape index (κ2) is 7.07. The van der Waals surface area contributed by atoms with E-state index < -0.39 is 0 Å². The monoisotopic (exact) mass is 320 g/mol. The van der Waals surface area contributed by atoms with Gasteiger partial charge in [-0.25, -0.2) is 4.79 Å². The van der Waals surface area contributed by atoms with Crippen molar-refractivity contribution in [1.29, 1.82) is 0 Å². The molecule has 0 saturated carbocycles. The van der Waals surface area contributed by atoms with Gasteiger partial charge in [0.05, 0.1) is 19.0 Å². The molecule has 0 aromatic carbocycles. The normalized spacial score (nSPS) is 16.2. The molecule has 0 atom stereocenters. The van der Waals surface area contributed by atoms with E-state index in [0.29, 0.717) is 19.9 Å². The molecule has 6 heteroatoms. The summed E-state index contributed by atoms with van der Waals surface area (Å²) in [5.74, 6) is 0. The molecule has 0 spiro atoms. The minimum atomic E-state index is 0.0206. The van der Waals surface area contributed by atoms with Gasteiger partial charge in [-0.2, -0.15) is 4.37 Å². The number of hydrogen-bond acceptors (Lipinski definition) is 4. The number of carbonyl (C=O) groups excluding carboxylic acids is 1. The Hall–Kier alpha value is -1.66. The Balaban J connectivity index is 2.29. The summed E-state index contributed by atoms with van der Waals surface area (Å²) in [5.41, 5.74) is 3.26. The average molecular weight is 320 g/mol. The third-order valence-corrected chi connectivity index (χ3v) is 4.64. The molecule has 5 nitrogen and oxygen atoms in total. The van der Waals surface area contributed by atoms with Crippen LogP contribution in [0.4, 0.5) is 9.80 Å². The summed E-state index contributed by atoms with van der Waals surface area (Å²) in [5, 5.41) is 0.947. The molecule has 1 fully saturated rings. The molecule has 0 aliphatic carbocycles. The molecule has 0 radical (unpaired) electrons. The van der Waals surface area contributed by atoms with Gasteiger partial charge in [0.2, 0.25) is 0 Å². The molecule has 1 aromatic heterocycles. The van der Waals surface area contributed by atoms with Crippen LogP contribution >= 0.6 is 11.5 Å². The molecule has 2 heterocycles. The molecule has 1 saturated heterocycles. The number of anilines is 1. The first-order chi connectivity index (χ1) is 10.5. The van der Waals surface area contributed by atoms with Crippen LogP contribution in [0.25, 0.3) is 0 Å². The topological polar surface area (TPSA) is 39.7 Å². The lowest BCUT2D eigenvalue weighted by atomic mass is 10.2. The lowest BCUT2D eigenvalue weighted by Crippen LogP contribution is -2.58. The van der Waals surface area contributed by atoms with E-state index in [9.17, 15) is 4.79 Å². The fourth-order valence-corrected chi connectivity index (χ4v) is 3.59. The second-order valence-electron chi connectivity index (χ2n) is 5.70. The molecular formula is C16H24N4OS. The Labute approximate surface area is 136 Å². The number of hydrogen-bond donors (Lipinski definition) is 0. The van der Waals surface area contributed by atoms with E-state index in [1.807, 2.05) is 18.7 Å². The van der Waals surface area contributed by atoms with E-state index in [1.165, 1.54) is 11.5 Å². The molecule has 2 rings (SSSR count). The first kappa shape index (κ1) is 16.7. The molecule has 120 valence electrons. The van der Waals surface area contributed by atoms with Gasteiger partial charge in [-0.05, 0) is 31.8 Å². The average Bonchev–Trinajstić information content (AvgIpc) is 2.83. The van der Waals surface area contributed by atoms with Gasteiger partial charge in [-0.1, -0.05) is 25.2 Å². The molecule has 0 bridgehead atoms. The van der Waals surface area contributed by atoms with E-state index in [4.69, 9.17) is 0 Å². The first-order valence-corrected chi connectivity index (χ1v) is 8.24. The lowest BCUT2D eigenvalue weighted by molar-refractivity contribution is 0.129. The number of carbonyl (C=O) groups is 1. The molecule has 22 heavy (non-hydrogen) atoms. The number of nitrogens with zero attached hydrogens (tertiary/aromatic N) is 4. The number of aryl methyl sites for hydroxylation is 1. The highest BCUT2D eigenvalue weighted by Crippen LogP contribution is 2.31. The van der Waals surface area contributed by atoms with Gasteiger partial charge in [0, 0.05) is 18.7 Å². The number of urea groups is 1. The smallest absolute Gasteiger partial charge is 0.308 e. The summed E-state index contributed by atoms with van der Waals surface area (Å²) in [4.78, 5) is 18.6. The van der Waals surface area contributed by atoms with Gasteiger partial charge in [-0.3, -0.25) is 9.80 Å². The van der Waals surface area contributed by atoms with Crippen LogP contribution in [0.15, 0.2) is 24.8 Å². The maximum Gasteiger partial charge on any atom is 0.327 e. The molecular weight excluding hydrogens is 296 g/mol. The quantitative estimate of drug-likeness (QED) is 0.756. The van der Waals surface area contributed by atoms with E-state index in [-0.39, 0.29) is 6.03 Å². The molecule has 1 aliphatic rings. The number of aromatic nitrogens is 1. The number of rotatable bonds is 6. The molecule has 1 aliphatic heterocycles. The van der Waals surface area contributed by atoms with Crippen molar-refractivity contribution in [3.05, 3.63) is 36.1 Å². The maximum atomic E-state index is 12.7. The van der Waals surface area contributed by atoms with Crippen LogP contribution in [0.3, 0.4) is 0 Å².